The van der Waals surface area contributed by atoms with E-state index < -0.39 is 10.0 Å². The van der Waals surface area contributed by atoms with E-state index in [1.807, 2.05) is 0 Å². The molecule has 1 aliphatic rings. The molecule has 0 saturated carbocycles. The highest BCUT2D eigenvalue weighted by atomic mass is 32.2. The quantitative estimate of drug-likeness (QED) is 0.783. The van der Waals surface area contributed by atoms with E-state index in [4.69, 9.17) is 5.73 Å². The van der Waals surface area contributed by atoms with Gasteiger partial charge < -0.3 is 15.5 Å². The average Bonchev–Trinajstić information content (AvgIpc) is 2.47. The van der Waals surface area contributed by atoms with Crippen molar-refractivity contribution >= 4 is 21.4 Å². The summed E-state index contributed by atoms with van der Waals surface area (Å²) in [4.78, 5) is 4.79. The Morgan fingerprint density at radius 1 is 1.25 bits per heavy atom. The zero-order valence-corrected chi connectivity index (χ0v) is 12.8. The van der Waals surface area contributed by atoms with Crippen molar-refractivity contribution in [3.63, 3.8) is 0 Å². The Morgan fingerprint density at radius 3 is 2.40 bits per heavy atom. The molecule has 0 radical (unpaired) electrons. The fourth-order valence-corrected chi connectivity index (χ4v) is 3.18. The number of piperazine rings is 1. The van der Waals surface area contributed by atoms with Crippen molar-refractivity contribution < 1.29 is 8.42 Å². The molecule has 0 bridgehead atoms. The van der Waals surface area contributed by atoms with E-state index in [1.165, 1.54) is 13.1 Å². The molecular weight excluding hydrogens is 276 g/mol. The number of benzene rings is 1. The van der Waals surface area contributed by atoms with Crippen LogP contribution in [0, 0.1) is 0 Å². The summed E-state index contributed by atoms with van der Waals surface area (Å²) in [6.45, 7) is 7.05. The normalized spacial score (nSPS) is 17.4. The van der Waals surface area contributed by atoms with Gasteiger partial charge in [-0.25, -0.2) is 13.1 Å². The van der Waals surface area contributed by atoms with Crippen molar-refractivity contribution in [1.29, 1.82) is 0 Å². The lowest BCUT2D eigenvalue weighted by atomic mass is 10.2. The van der Waals surface area contributed by atoms with E-state index in [1.54, 1.807) is 12.1 Å². The molecule has 0 unspecified atom stereocenters. The van der Waals surface area contributed by atoms with Crippen molar-refractivity contribution in [2.75, 3.05) is 50.4 Å². The summed E-state index contributed by atoms with van der Waals surface area (Å²) >= 11 is 0. The third-order valence-electron chi connectivity index (χ3n) is 3.74. The van der Waals surface area contributed by atoms with Crippen molar-refractivity contribution in [2.45, 2.75) is 11.8 Å². The zero-order chi connectivity index (χ0) is 14.8. The van der Waals surface area contributed by atoms with E-state index in [9.17, 15) is 8.42 Å². The van der Waals surface area contributed by atoms with Gasteiger partial charge in [-0.2, -0.15) is 0 Å². The Kier molecular flexibility index (Phi) is 4.52. The maximum Gasteiger partial charge on any atom is 0.240 e. The molecule has 1 aromatic carbocycles. The lowest BCUT2D eigenvalue weighted by Gasteiger charge is -2.36. The molecule has 1 saturated heterocycles. The first-order valence-electron chi connectivity index (χ1n) is 6.78. The molecule has 1 heterocycles. The number of hydrogen-bond donors (Lipinski definition) is 2. The monoisotopic (exact) mass is 298 g/mol. The van der Waals surface area contributed by atoms with Crippen LogP contribution in [0.4, 0.5) is 11.4 Å². The van der Waals surface area contributed by atoms with Crippen LogP contribution < -0.4 is 15.4 Å². The summed E-state index contributed by atoms with van der Waals surface area (Å²) in [5, 5.41) is 0. The van der Waals surface area contributed by atoms with E-state index in [0.29, 0.717) is 5.69 Å². The Labute approximate surface area is 120 Å². The van der Waals surface area contributed by atoms with Crippen molar-refractivity contribution in [1.82, 2.24) is 9.62 Å². The van der Waals surface area contributed by atoms with Gasteiger partial charge in [-0.3, -0.25) is 0 Å². The molecule has 0 aromatic heterocycles. The first-order valence-corrected chi connectivity index (χ1v) is 8.26. The molecular formula is C13H22N4O2S. The fraction of sp³-hybridized carbons (Fsp3) is 0.538. The molecule has 1 fully saturated rings. The highest BCUT2D eigenvalue weighted by molar-refractivity contribution is 7.89. The minimum Gasteiger partial charge on any atom is -0.397 e. The minimum atomic E-state index is -3.44. The molecule has 1 aliphatic heterocycles. The SMILES string of the molecule is CCN1CCN(c2ccc(S(=O)(=O)NC)cc2N)CC1. The molecule has 2 rings (SSSR count). The van der Waals surface area contributed by atoms with Gasteiger partial charge in [0, 0.05) is 26.2 Å². The third kappa shape index (κ3) is 3.05. The van der Waals surface area contributed by atoms with E-state index in [0.717, 1.165) is 38.4 Å². The summed E-state index contributed by atoms with van der Waals surface area (Å²) in [5.41, 5.74) is 7.44. The zero-order valence-electron chi connectivity index (χ0n) is 12.0. The number of nitrogens with two attached hydrogens (primary N) is 1. The summed E-state index contributed by atoms with van der Waals surface area (Å²) in [5.74, 6) is 0. The minimum absolute atomic E-state index is 0.202. The Bertz CT molecular complexity index is 566. The van der Waals surface area contributed by atoms with Gasteiger partial charge in [-0.1, -0.05) is 6.92 Å². The summed E-state index contributed by atoms with van der Waals surface area (Å²) < 4.78 is 25.8. The second-order valence-corrected chi connectivity index (χ2v) is 6.74. The molecule has 20 heavy (non-hydrogen) atoms. The Morgan fingerprint density at radius 2 is 1.90 bits per heavy atom. The topological polar surface area (TPSA) is 78.7 Å². The summed E-state index contributed by atoms with van der Waals surface area (Å²) in [6.07, 6.45) is 0. The number of nitrogen functional groups attached to an aromatic ring is 1. The van der Waals surface area contributed by atoms with Crippen LogP contribution in [-0.4, -0.2) is 53.1 Å². The van der Waals surface area contributed by atoms with Crippen molar-refractivity contribution in [3.8, 4) is 0 Å². The average molecular weight is 298 g/mol. The second-order valence-electron chi connectivity index (χ2n) is 4.85. The number of hydrogen-bond acceptors (Lipinski definition) is 5. The maximum atomic E-state index is 11.7. The van der Waals surface area contributed by atoms with Gasteiger partial charge in [0.2, 0.25) is 10.0 Å². The van der Waals surface area contributed by atoms with Crippen molar-refractivity contribution in [2.24, 2.45) is 0 Å². The summed E-state index contributed by atoms with van der Waals surface area (Å²) in [6, 6.07) is 4.91. The van der Waals surface area contributed by atoms with E-state index in [2.05, 4.69) is 21.4 Å². The van der Waals surface area contributed by atoms with Crippen LogP contribution in [0.5, 0.6) is 0 Å². The number of rotatable bonds is 4. The summed E-state index contributed by atoms with van der Waals surface area (Å²) in [7, 11) is -2.05. The lowest BCUT2D eigenvalue weighted by Crippen LogP contribution is -2.46. The first-order chi connectivity index (χ1) is 9.47. The fourth-order valence-electron chi connectivity index (χ4n) is 2.41. The van der Waals surface area contributed by atoms with Gasteiger partial charge in [0.15, 0.2) is 0 Å². The molecule has 112 valence electrons. The number of sulfonamides is 1. The smallest absolute Gasteiger partial charge is 0.240 e. The van der Waals surface area contributed by atoms with Crippen LogP contribution in [0.15, 0.2) is 23.1 Å². The van der Waals surface area contributed by atoms with Crippen LogP contribution >= 0.6 is 0 Å². The molecule has 6 nitrogen and oxygen atoms in total. The maximum absolute atomic E-state index is 11.7. The standard InChI is InChI=1S/C13H22N4O2S/c1-3-16-6-8-17(9-7-16)13-5-4-11(10-12(13)14)20(18,19)15-2/h4-5,10,15H,3,6-9,14H2,1-2H3. The van der Waals surface area contributed by atoms with Gasteiger partial charge in [-0.05, 0) is 31.8 Å². The molecule has 0 spiro atoms. The largest absolute Gasteiger partial charge is 0.397 e. The molecule has 0 atom stereocenters. The van der Waals surface area contributed by atoms with Crippen molar-refractivity contribution in [3.05, 3.63) is 18.2 Å². The van der Waals surface area contributed by atoms with Gasteiger partial charge in [0.1, 0.15) is 0 Å². The predicted molar refractivity (Wildman–Crippen MR) is 81.4 cm³/mol. The number of nitrogens with one attached hydrogen (secondary N) is 1. The predicted octanol–water partition coefficient (Wildman–Crippen LogP) is 0.319. The van der Waals surface area contributed by atoms with Crippen LogP contribution in [0.1, 0.15) is 6.92 Å². The Balaban J connectivity index is 2.19. The van der Waals surface area contributed by atoms with Crippen LogP contribution in [0.2, 0.25) is 0 Å². The van der Waals surface area contributed by atoms with E-state index >= 15 is 0 Å². The van der Waals surface area contributed by atoms with Gasteiger partial charge >= 0.3 is 0 Å². The molecule has 0 amide bonds. The molecule has 0 aliphatic carbocycles. The first kappa shape index (κ1) is 15.1. The molecule has 7 heteroatoms. The van der Waals surface area contributed by atoms with Crippen LogP contribution in [0.25, 0.3) is 0 Å². The number of likely N-dealkylation sites (N-methyl/N-ethyl adjacent to an activating group) is 1. The number of nitrogens with zero attached hydrogens (tertiary/aromatic N) is 2. The highest BCUT2D eigenvalue weighted by Crippen LogP contribution is 2.27. The van der Waals surface area contributed by atoms with Crippen LogP contribution in [0.3, 0.4) is 0 Å². The molecule has 1 aromatic rings. The Hall–Kier alpha value is -1.31. The van der Waals surface area contributed by atoms with E-state index in [-0.39, 0.29) is 4.90 Å². The van der Waals surface area contributed by atoms with Gasteiger partial charge in [-0.15, -0.1) is 0 Å². The van der Waals surface area contributed by atoms with Gasteiger partial charge in [0.25, 0.3) is 0 Å². The van der Waals surface area contributed by atoms with Gasteiger partial charge in [0.05, 0.1) is 16.3 Å². The third-order valence-corrected chi connectivity index (χ3v) is 5.15. The molecule has 3 N–H and O–H groups in total. The highest BCUT2D eigenvalue weighted by Gasteiger charge is 2.19. The van der Waals surface area contributed by atoms with Crippen LogP contribution in [-0.2, 0) is 10.0 Å². The lowest BCUT2D eigenvalue weighted by molar-refractivity contribution is 0.271. The second kappa shape index (κ2) is 5.99. The number of anilines is 2.